The molecule has 2 aromatic rings. The highest BCUT2D eigenvalue weighted by molar-refractivity contribution is 6.76. The zero-order valence-corrected chi connectivity index (χ0v) is 14.7. The second kappa shape index (κ2) is 6.49. The summed E-state index contributed by atoms with van der Waals surface area (Å²) in [6.07, 6.45) is 3.37. The largest absolute Gasteiger partial charge is 0.399 e. The number of anilines is 1. The molecule has 0 aliphatic carbocycles. The van der Waals surface area contributed by atoms with E-state index >= 15 is 0 Å². The van der Waals surface area contributed by atoms with Crippen LogP contribution in [0.3, 0.4) is 0 Å². The van der Waals surface area contributed by atoms with Crippen molar-refractivity contribution in [3.8, 4) is 11.3 Å². The fourth-order valence-corrected chi connectivity index (χ4v) is 2.77. The number of nitrogens with zero attached hydrogens (tertiary/aromatic N) is 3. The van der Waals surface area contributed by atoms with Gasteiger partial charge in [0.1, 0.15) is 6.73 Å². The number of hydrogen-bond donors (Lipinski definition) is 1. The van der Waals surface area contributed by atoms with Crippen LogP contribution in [-0.4, -0.2) is 29.0 Å². The molecule has 2 aromatic heterocycles. The third-order valence-corrected chi connectivity index (χ3v) is 5.17. The third-order valence-electron chi connectivity index (χ3n) is 3.47. The minimum Gasteiger partial charge on any atom is -0.399 e. The first-order chi connectivity index (χ1) is 10.3. The van der Waals surface area contributed by atoms with E-state index in [1.165, 1.54) is 4.68 Å². The standard InChI is InChI=1S/C15H24N4O2Si/c1-18-15(20)13(14-9-12(16)5-6-17-14)10-19(18)11-21-7-8-22(2,3)4/h5-6,9-10H,7-8,11H2,1-4H3,(H2,16,17). The fraction of sp³-hybridized carbons (Fsp3) is 0.467. The minimum atomic E-state index is -1.10. The first kappa shape index (κ1) is 16.5. The van der Waals surface area contributed by atoms with E-state index in [9.17, 15) is 4.79 Å². The lowest BCUT2D eigenvalue weighted by atomic mass is 10.2. The molecule has 6 nitrogen and oxygen atoms in total. The first-order valence-corrected chi connectivity index (χ1v) is 11.0. The van der Waals surface area contributed by atoms with E-state index < -0.39 is 8.07 Å². The van der Waals surface area contributed by atoms with E-state index in [1.54, 1.807) is 36.3 Å². The highest BCUT2D eigenvalue weighted by Crippen LogP contribution is 2.15. The molecule has 0 aromatic carbocycles. The molecule has 120 valence electrons. The summed E-state index contributed by atoms with van der Waals surface area (Å²) in [5, 5.41) is 0. The minimum absolute atomic E-state index is 0.105. The lowest BCUT2D eigenvalue weighted by Crippen LogP contribution is -2.24. The quantitative estimate of drug-likeness (QED) is 0.653. The van der Waals surface area contributed by atoms with Gasteiger partial charge in [0, 0.05) is 39.8 Å². The Kier molecular flexibility index (Phi) is 4.87. The zero-order valence-electron chi connectivity index (χ0n) is 13.7. The Morgan fingerprint density at radius 3 is 2.73 bits per heavy atom. The fourth-order valence-electron chi connectivity index (χ4n) is 2.01. The van der Waals surface area contributed by atoms with Crippen molar-refractivity contribution in [2.24, 2.45) is 7.05 Å². The van der Waals surface area contributed by atoms with Crippen LogP contribution in [0.2, 0.25) is 25.7 Å². The number of nitrogen functional groups attached to an aromatic ring is 1. The highest BCUT2D eigenvalue weighted by atomic mass is 28.3. The van der Waals surface area contributed by atoms with Gasteiger partial charge in [0.05, 0.1) is 11.3 Å². The summed E-state index contributed by atoms with van der Waals surface area (Å²) in [5.41, 5.74) is 7.35. The number of aromatic nitrogens is 3. The molecule has 0 radical (unpaired) electrons. The van der Waals surface area contributed by atoms with Gasteiger partial charge in [-0.15, -0.1) is 0 Å². The maximum atomic E-state index is 12.3. The van der Waals surface area contributed by atoms with Gasteiger partial charge in [-0.05, 0) is 18.2 Å². The van der Waals surface area contributed by atoms with Crippen LogP contribution in [0.5, 0.6) is 0 Å². The van der Waals surface area contributed by atoms with Crippen molar-refractivity contribution in [2.75, 3.05) is 12.3 Å². The molecule has 0 amide bonds. The molecule has 7 heteroatoms. The Hall–Kier alpha value is -1.86. The molecule has 0 aliphatic heterocycles. The van der Waals surface area contributed by atoms with Gasteiger partial charge in [-0.25, -0.2) is 0 Å². The third kappa shape index (κ3) is 4.08. The smallest absolute Gasteiger partial charge is 0.275 e. The van der Waals surface area contributed by atoms with Gasteiger partial charge in [-0.2, -0.15) is 0 Å². The summed E-state index contributed by atoms with van der Waals surface area (Å²) in [7, 11) is 0.622. The van der Waals surface area contributed by atoms with Crippen molar-refractivity contribution in [1.29, 1.82) is 0 Å². The van der Waals surface area contributed by atoms with E-state index in [1.807, 2.05) is 0 Å². The van der Waals surface area contributed by atoms with Crippen LogP contribution in [0, 0.1) is 0 Å². The lowest BCUT2D eigenvalue weighted by molar-refractivity contribution is 0.0703. The summed E-state index contributed by atoms with van der Waals surface area (Å²) < 4.78 is 8.99. The average molecular weight is 320 g/mol. The average Bonchev–Trinajstić information content (AvgIpc) is 2.71. The number of pyridine rings is 1. The second-order valence-electron chi connectivity index (χ2n) is 6.63. The Balaban J connectivity index is 2.12. The molecule has 0 saturated heterocycles. The highest BCUT2D eigenvalue weighted by Gasteiger charge is 2.14. The van der Waals surface area contributed by atoms with Crippen LogP contribution >= 0.6 is 0 Å². The maximum absolute atomic E-state index is 12.3. The van der Waals surface area contributed by atoms with Gasteiger partial charge in [-0.1, -0.05) is 19.6 Å². The van der Waals surface area contributed by atoms with E-state index in [0.29, 0.717) is 30.3 Å². The Bertz CT molecular complexity index is 700. The van der Waals surface area contributed by atoms with Gasteiger partial charge < -0.3 is 10.5 Å². The molecular formula is C15H24N4O2Si. The van der Waals surface area contributed by atoms with Gasteiger partial charge >= 0.3 is 0 Å². The topological polar surface area (TPSA) is 75.1 Å². The van der Waals surface area contributed by atoms with Gasteiger partial charge in [-0.3, -0.25) is 19.1 Å². The number of rotatable bonds is 6. The van der Waals surface area contributed by atoms with Crippen molar-refractivity contribution in [3.63, 3.8) is 0 Å². The Morgan fingerprint density at radius 1 is 1.36 bits per heavy atom. The van der Waals surface area contributed by atoms with E-state index in [4.69, 9.17) is 10.5 Å². The molecule has 0 atom stereocenters. The monoisotopic (exact) mass is 320 g/mol. The van der Waals surface area contributed by atoms with Crippen molar-refractivity contribution >= 4 is 13.8 Å². The summed E-state index contributed by atoms with van der Waals surface area (Å²) >= 11 is 0. The SMILES string of the molecule is Cn1c(=O)c(-c2cc(N)ccn2)cn1COCC[Si](C)(C)C. The summed E-state index contributed by atoms with van der Waals surface area (Å²) in [4.78, 5) is 16.5. The first-order valence-electron chi connectivity index (χ1n) is 7.34. The second-order valence-corrected chi connectivity index (χ2v) is 12.3. The van der Waals surface area contributed by atoms with Crippen LogP contribution in [-0.2, 0) is 18.5 Å². The summed E-state index contributed by atoms with van der Waals surface area (Å²) in [5.74, 6) is 0. The molecule has 0 fully saturated rings. The van der Waals surface area contributed by atoms with E-state index in [0.717, 1.165) is 6.04 Å². The predicted octanol–water partition coefficient (Wildman–Crippen LogP) is 2.14. The zero-order chi connectivity index (χ0) is 16.3. The predicted molar refractivity (Wildman–Crippen MR) is 91.4 cm³/mol. The summed E-state index contributed by atoms with van der Waals surface area (Å²) in [6.45, 7) is 8.01. The number of nitrogens with two attached hydrogens (primary N) is 1. The van der Waals surface area contributed by atoms with Crippen LogP contribution in [0.4, 0.5) is 5.69 Å². The molecule has 2 heterocycles. The lowest BCUT2D eigenvalue weighted by Gasteiger charge is -2.16. The van der Waals surface area contributed by atoms with Crippen molar-refractivity contribution < 1.29 is 4.74 Å². The molecule has 2 rings (SSSR count). The normalized spacial score (nSPS) is 11.8. The van der Waals surface area contributed by atoms with Crippen LogP contribution in [0.1, 0.15) is 0 Å². The number of ether oxygens (including phenoxy) is 1. The molecule has 0 unspecified atom stereocenters. The number of hydrogen-bond acceptors (Lipinski definition) is 4. The van der Waals surface area contributed by atoms with Crippen molar-refractivity contribution in [1.82, 2.24) is 14.3 Å². The van der Waals surface area contributed by atoms with Gasteiger partial charge in [0.15, 0.2) is 0 Å². The van der Waals surface area contributed by atoms with E-state index in [2.05, 4.69) is 24.6 Å². The maximum Gasteiger partial charge on any atom is 0.275 e. The van der Waals surface area contributed by atoms with Crippen LogP contribution < -0.4 is 11.3 Å². The molecule has 22 heavy (non-hydrogen) atoms. The molecule has 0 aliphatic rings. The summed E-state index contributed by atoms with van der Waals surface area (Å²) in [6, 6.07) is 4.50. The van der Waals surface area contributed by atoms with Gasteiger partial charge in [0.2, 0.25) is 0 Å². The molecule has 0 bridgehead atoms. The molecule has 0 saturated carbocycles. The van der Waals surface area contributed by atoms with Crippen LogP contribution in [0.15, 0.2) is 29.3 Å². The van der Waals surface area contributed by atoms with Crippen LogP contribution in [0.25, 0.3) is 11.3 Å². The Morgan fingerprint density at radius 2 is 2.09 bits per heavy atom. The molecular weight excluding hydrogens is 296 g/mol. The van der Waals surface area contributed by atoms with Gasteiger partial charge in [0.25, 0.3) is 5.56 Å². The molecule has 2 N–H and O–H groups in total. The Labute approximate surface area is 131 Å². The van der Waals surface area contributed by atoms with Crippen molar-refractivity contribution in [2.45, 2.75) is 32.4 Å². The van der Waals surface area contributed by atoms with Crippen molar-refractivity contribution in [3.05, 3.63) is 34.9 Å². The molecule has 0 spiro atoms. The van der Waals surface area contributed by atoms with E-state index in [-0.39, 0.29) is 5.56 Å².